The molecule has 6 N–H and O–H groups in total. The number of amides is 1. The number of fused-ring (bicyclic) bond motifs is 1. The number of nitrogens with zero attached hydrogens (tertiary/aromatic N) is 4. The number of ether oxygens (including phenoxy) is 1. The lowest BCUT2D eigenvalue weighted by molar-refractivity contribution is 0.0751. The predicted molar refractivity (Wildman–Crippen MR) is 117 cm³/mol. The van der Waals surface area contributed by atoms with Gasteiger partial charge in [0.05, 0.1) is 11.6 Å². The number of primary amides is 1. The molecule has 0 saturated carbocycles. The molecule has 1 amide bonds. The molecule has 13 heteroatoms. The standard InChI is InChI=1S/C16H18N8O2S.2ClH/c17-9-7-26-5-3-10(9)20-16-22-14(12(13(18)25)23-24-16)21-11-6-8-2-1-4-19-15(8)27-11;;/h1-2,4,6,9-10H,3,5,7,17H2,(H2,18,25)(H2,20,21,22,24);2*1H/t9-,10+;;/m0../s1. The van der Waals surface area contributed by atoms with Crippen molar-refractivity contribution in [3.05, 3.63) is 30.1 Å². The first kappa shape index (κ1) is 23.0. The zero-order valence-electron chi connectivity index (χ0n) is 15.1. The van der Waals surface area contributed by atoms with Gasteiger partial charge in [-0.05, 0) is 18.6 Å². The second-order valence-corrected chi connectivity index (χ2v) is 7.14. The maximum atomic E-state index is 11.7. The Morgan fingerprint density at radius 3 is 2.86 bits per heavy atom. The normalized spacial score (nSPS) is 18.4. The molecule has 1 aliphatic rings. The molecule has 3 aromatic heterocycles. The lowest BCUT2D eigenvalue weighted by Gasteiger charge is -2.29. The summed E-state index contributed by atoms with van der Waals surface area (Å²) in [4.78, 5) is 21.3. The summed E-state index contributed by atoms with van der Waals surface area (Å²) >= 11 is 1.43. The van der Waals surface area contributed by atoms with Crippen molar-refractivity contribution in [1.29, 1.82) is 0 Å². The summed E-state index contributed by atoms with van der Waals surface area (Å²) in [5, 5.41) is 15.9. The van der Waals surface area contributed by atoms with Crippen LogP contribution in [-0.4, -0.2) is 51.4 Å². The minimum absolute atomic E-state index is 0. The van der Waals surface area contributed by atoms with E-state index in [0.717, 1.165) is 21.6 Å². The molecule has 0 aliphatic carbocycles. The molecule has 1 fully saturated rings. The van der Waals surface area contributed by atoms with Gasteiger partial charge in [-0.15, -0.1) is 35.0 Å². The maximum Gasteiger partial charge on any atom is 0.273 e. The molecule has 4 rings (SSSR count). The first-order valence-corrected chi connectivity index (χ1v) is 9.18. The van der Waals surface area contributed by atoms with E-state index in [0.29, 0.717) is 13.2 Å². The minimum atomic E-state index is -0.717. The molecule has 156 valence electrons. The van der Waals surface area contributed by atoms with Crippen LogP contribution >= 0.6 is 36.2 Å². The van der Waals surface area contributed by atoms with Gasteiger partial charge in [-0.2, -0.15) is 4.98 Å². The lowest BCUT2D eigenvalue weighted by Crippen LogP contribution is -2.48. The van der Waals surface area contributed by atoms with Crippen molar-refractivity contribution in [2.45, 2.75) is 18.5 Å². The smallest absolute Gasteiger partial charge is 0.273 e. The third kappa shape index (κ3) is 5.19. The highest BCUT2D eigenvalue weighted by molar-refractivity contribution is 7.22. The maximum absolute atomic E-state index is 11.7. The van der Waals surface area contributed by atoms with E-state index in [1.807, 2.05) is 18.2 Å². The fraction of sp³-hybridized carbons (Fsp3) is 0.312. The second-order valence-electron chi connectivity index (χ2n) is 6.11. The SMILES string of the molecule is Cl.Cl.NC(=O)c1nnc(N[C@@H]2CCOC[C@@H]2N)nc1Nc1cc2cccnc2s1. The summed E-state index contributed by atoms with van der Waals surface area (Å²) in [6.45, 7) is 1.07. The highest BCUT2D eigenvalue weighted by Gasteiger charge is 2.24. The topological polar surface area (TPSA) is 154 Å². The summed E-state index contributed by atoms with van der Waals surface area (Å²) in [6, 6.07) is 5.52. The minimum Gasteiger partial charge on any atom is -0.380 e. The summed E-state index contributed by atoms with van der Waals surface area (Å²) in [5.41, 5.74) is 11.4. The number of aromatic nitrogens is 4. The molecular weight excluding hydrogens is 439 g/mol. The van der Waals surface area contributed by atoms with Crippen molar-refractivity contribution in [2.24, 2.45) is 11.5 Å². The summed E-state index contributed by atoms with van der Waals surface area (Å²) in [6.07, 6.45) is 2.45. The fourth-order valence-electron chi connectivity index (χ4n) is 2.80. The monoisotopic (exact) mass is 458 g/mol. The number of carbonyl (C=O) groups is 1. The summed E-state index contributed by atoms with van der Waals surface area (Å²) < 4.78 is 5.33. The number of carbonyl (C=O) groups excluding carboxylic acids is 1. The van der Waals surface area contributed by atoms with Crippen LogP contribution in [0.2, 0.25) is 0 Å². The van der Waals surface area contributed by atoms with Gasteiger partial charge in [0.15, 0.2) is 11.5 Å². The van der Waals surface area contributed by atoms with E-state index in [4.69, 9.17) is 16.2 Å². The van der Waals surface area contributed by atoms with Crippen LogP contribution < -0.4 is 22.1 Å². The van der Waals surface area contributed by atoms with E-state index in [-0.39, 0.29) is 54.4 Å². The Hall–Kier alpha value is -2.31. The van der Waals surface area contributed by atoms with Gasteiger partial charge in [-0.1, -0.05) is 17.4 Å². The largest absolute Gasteiger partial charge is 0.380 e. The van der Waals surface area contributed by atoms with E-state index in [1.54, 1.807) is 6.20 Å². The van der Waals surface area contributed by atoms with Crippen molar-refractivity contribution in [3.63, 3.8) is 0 Å². The summed E-state index contributed by atoms with van der Waals surface area (Å²) in [7, 11) is 0. The van der Waals surface area contributed by atoms with Crippen molar-refractivity contribution < 1.29 is 9.53 Å². The summed E-state index contributed by atoms with van der Waals surface area (Å²) in [5.74, 6) is -0.220. The lowest BCUT2D eigenvalue weighted by atomic mass is 10.1. The molecule has 1 aliphatic heterocycles. The number of rotatable bonds is 5. The van der Waals surface area contributed by atoms with Gasteiger partial charge in [-0.3, -0.25) is 4.79 Å². The Labute approximate surface area is 182 Å². The van der Waals surface area contributed by atoms with Gasteiger partial charge in [0.2, 0.25) is 5.95 Å². The molecule has 0 bridgehead atoms. The van der Waals surface area contributed by atoms with Crippen molar-refractivity contribution in [1.82, 2.24) is 20.2 Å². The van der Waals surface area contributed by atoms with Crippen molar-refractivity contribution in [2.75, 3.05) is 23.8 Å². The molecule has 10 nitrogen and oxygen atoms in total. The predicted octanol–water partition coefficient (Wildman–Crippen LogP) is 1.70. The van der Waals surface area contributed by atoms with Crippen molar-refractivity contribution in [3.8, 4) is 0 Å². The molecule has 0 spiro atoms. The Balaban J connectivity index is 0.00000150. The van der Waals surface area contributed by atoms with E-state index < -0.39 is 5.91 Å². The van der Waals surface area contributed by atoms with E-state index in [9.17, 15) is 4.79 Å². The molecule has 1 saturated heterocycles. The average Bonchev–Trinajstić information content (AvgIpc) is 3.06. The van der Waals surface area contributed by atoms with E-state index >= 15 is 0 Å². The van der Waals surface area contributed by atoms with Crippen molar-refractivity contribution >= 4 is 69.0 Å². The molecule has 0 aromatic carbocycles. The first-order chi connectivity index (χ1) is 13.1. The third-order valence-electron chi connectivity index (χ3n) is 4.17. The molecule has 2 atom stereocenters. The zero-order valence-corrected chi connectivity index (χ0v) is 17.5. The van der Waals surface area contributed by atoms with Crippen LogP contribution in [0, 0.1) is 0 Å². The number of halogens is 2. The van der Waals surface area contributed by atoms with Gasteiger partial charge in [0.1, 0.15) is 4.83 Å². The van der Waals surface area contributed by atoms with Gasteiger partial charge in [0.25, 0.3) is 5.91 Å². The number of hydrogen-bond donors (Lipinski definition) is 4. The van der Waals surface area contributed by atoms with Gasteiger partial charge in [-0.25, -0.2) is 4.98 Å². The molecular formula is C16H20Cl2N8O2S. The number of nitrogens with one attached hydrogen (secondary N) is 2. The highest BCUT2D eigenvalue weighted by Crippen LogP contribution is 2.30. The quantitative estimate of drug-likeness (QED) is 0.446. The zero-order chi connectivity index (χ0) is 18.8. The van der Waals surface area contributed by atoms with E-state index in [1.165, 1.54) is 11.3 Å². The molecule has 0 unspecified atom stereocenters. The number of thiophene rings is 1. The molecule has 4 heterocycles. The van der Waals surface area contributed by atoms with Crippen LogP contribution in [0.4, 0.5) is 16.8 Å². The second kappa shape index (κ2) is 9.94. The number of nitrogens with two attached hydrogens (primary N) is 2. The van der Waals surface area contributed by atoms with Crippen LogP contribution in [0.25, 0.3) is 10.2 Å². The van der Waals surface area contributed by atoms with E-state index in [2.05, 4.69) is 30.8 Å². The van der Waals surface area contributed by atoms with Gasteiger partial charge in [0, 0.05) is 30.3 Å². The van der Waals surface area contributed by atoms with Crippen LogP contribution in [0.1, 0.15) is 16.9 Å². The number of pyridine rings is 1. The Kier molecular flexibility index (Phi) is 7.88. The Morgan fingerprint density at radius 2 is 2.14 bits per heavy atom. The fourth-order valence-corrected chi connectivity index (χ4v) is 3.70. The Bertz CT molecular complexity index is 955. The van der Waals surface area contributed by atoms with Gasteiger partial charge >= 0.3 is 0 Å². The average molecular weight is 459 g/mol. The molecule has 3 aromatic rings. The van der Waals surface area contributed by atoms with Crippen LogP contribution in [0.15, 0.2) is 24.4 Å². The van der Waals surface area contributed by atoms with Crippen LogP contribution in [0.5, 0.6) is 0 Å². The Morgan fingerprint density at radius 1 is 1.31 bits per heavy atom. The number of anilines is 3. The third-order valence-corrected chi connectivity index (χ3v) is 5.14. The highest BCUT2D eigenvalue weighted by atomic mass is 35.5. The number of hydrogen-bond acceptors (Lipinski definition) is 10. The molecule has 29 heavy (non-hydrogen) atoms. The van der Waals surface area contributed by atoms with Crippen LogP contribution in [0.3, 0.4) is 0 Å². The first-order valence-electron chi connectivity index (χ1n) is 8.36. The van der Waals surface area contributed by atoms with Crippen LogP contribution in [-0.2, 0) is 4.74 Å². The van der Waals surface area contributed by atoms with Gasteiger partial charge < -0.3 is 26.8 Å². The molecule has 0 radical (unpaired) electrons.